The van der Waals surface area contributed by atoms with Crippen LogP contribution in [0.15, 0.2) is 36.4 Å². The highest BCUT2D eigenvalue weighted by atomic mass is 127. The highest BCUT2D eigenvalue weighted by Crippen LogP contribution is 2.35. The van der Waals surface area contributed by atoms with Gasteiger partial charge in [0.25, 0.3) is 0 Å². The Morgan fingerprint density at radius 1 is 1.00 bits per heavy atom. The average molecular weight is 597 g/mol. The van der Waals surface area contributed by atoms with Crippen LogP contribution in [0.4, 0.5) is 11.6 Å². The van der Waals surface area contributed by atoms with E-state index in [2.05, 4.69) is 101 Å². The van der Waals surface area contributed by atoms with Crippen LogP contribution in [0.1, 0.15) is 47.6 Å². The van der Waals surface area contributed by atoms with Gasteiger partial charge in [-0.2, -0.15) is 4.98 Å². The van der Waals surface area contributed by atoms with Crippen LogP contribution in [0.3, 0.4) is 0 Å². The highest BCUT2D eigenvalue weighted by Gasteiger charge is 2.24. The molecule has 1 aromatic carbocycles. The number of nitrogens with one attached hydrogen (secondary N) is 1. The monoisotopic (exact) mass is 596 g/mol. The maximum atomic E-state index is 5.65. The molecule has 1 atom stereocenters. The van der Waals surface area contributed by atoms with E-state index in [1.807, 2.05) is 6.92 Å². The van der Waals surface area contributed by atoms with Crippen molar-refractivity contribution in [1.29, 1.82) is 0 Å². The summed E-state index contributed by atoms with van der Waals surface area (Å²) in [7, 11) is 0. The number of nitrogens with zero attached hydrogens (tertiary/aromatic N) is 5. The van der Waals surface area contributed by atoms with Crippen LogP contribution in [0.2, 0.25) is 0 Å². The smallest absolute Gasteiger partial charge is 0.236 e. The molecule has 7 nitrogen and oxygen atoms in total. The second-order valence-corrected chi connectivity index (χ2v) is 10.6. The summed E-state index contributed by atoms with van der Waals surface area (Å²) >= 11 is 2.36. The van der Waals surface area contributed by atoms with Gasteiger partial charge in [-0.3, -0.25) is 4.57 Å². The molecule has 1 unspecified atom stereocenters. The standard InChI is InChI=1S/C28H33IN6O/c1-6-23(31-26-24(29)20(5)30-28(33-26)35-18(3)10-11-19(35)4)22-16-21-9-7-8-17(2)25(21)32-27(22)34-12-14-36-15-13-34/h7-11,16,23H,6,12-15H2,1-5H3,(H,30,31,33). The number of aromatic nitrogens is 4. The number of hydrogen-bond donors (Lipinski definition) is 1. The van der Waals surface area contributed by atoms with E-state index in [1.54, 1.807) is 0 Å². The number of para-hydroxylation sites is 1. The number of ether oxygens (including phenoxy) is 1. The highest BCUT2D eigenvalue weighted by molar-refractivity contribution is 14.1. The summed E-state index contributed by atoms with van der Waals surface area (Å²) in [6.45, 7) is 13.7. The van der Waals surface area contributed by atoms with Gasteiger partial charge in [0, 0.05) is 35.4 Å². The molecule has 8 heteroatoms. The van der Waals surface area contributed by atoms with Gasteiger partial charge in [0.15, 0.2) is 0 Å². The molecule has 1 N–H and O–H groups in total. The van der Waals surface area contributed by atoms with Gasteiger partial charge in [-0.15, -0.1) is 0 Å². The summed E-state index contributed by atoms with van der Waals surface area (Å²) in [6, 6.07) is 13.0. The second kappa shape index (κ2) is 10.3. The van der Waals surface area contributed by atoms with Crippen molar-refractivity contribution in [3.63, 3.8) is 0 Å². The number of anilines is 2. The number of pyridine rings is 1. The van der Waals surface area contributed by atoms with Crippen molar-refractivity contribution in [1.82, 2.24) is 19.5 Å². The van der Waals surface area contributed by atoms with Crippen molar-refractivity contribution < 1.29 is 4.74 Å². The third kappa shape index (κ3) is 4.68. The average Bonchev–Trinajstić information content (AvgIpc) is 3.22. The van der Waals surface area contributed by atoms with Gasteiger partial charge in [-0.25, -0.2) is 9.97 Å². The van der Waals surface area contributed by atoms with Gasteiger partial charge < -0.3 is 15.0 Å². The molecule has 1 saturated heterocycles. The molecule has 4 aromatic rings. The number of aryl methyl sites for hydroxylation is 4. The number of benzene rings is 1. The van der Waals surface area contributed by atoms with Crippen LogP contribution in [-0.4, -0.2) is 45.8 Å². The molecule has 188 valence electrons. The molecule has 0 radical (unpaired) electrons. The fourth-order valence-electron chi connectivity index (χ4n) is 4.93. The van der Waals surface area contributed by atoms with Crippen molar-refractivity contribution >= 4 is 45.1 Å². The Morgan fingerprint density at radius 2 is 1.72 bits per heavy atom. The summed E-state index contributed by atoms with van der Waals surface area (Å²) in [6.07, 6.45) is 0.895. The van der Waals surface area contributed by atoms with E-state index in [9.17, 15) is 0 Å². The molecule has 0 saturated carbocycles. The first-order chi connectivity index (χ1) is 17.4. The van der Waals surface area contributed by atoms with Crippen molar-refractivity contribution in [3.05, 3.63) is 68.2 Å². The Kier molecular flexibility index (Phi) is 7.16. The second-order valence-electron chi connectivity index (χ2n) is 9.48. The van der Waals surface area contributed by atoms with E-state index in [4.69, 9.17) is 19.7 Å². The normalized spacial score (nSPS) is 14.9. The van der Waals surface area contributed by atoms with E-state index >= 15 is 0 Å². The topological polar surface area (TPSA) is 68.1 Å². The van der Waals surface area contributed by atoms with Gasteiger partial charge in [-0.05, 0) is 80.5 Å². The van der Waals surface area contributed by atoms with Gasteiger partial charge in [0.2, 0.25) is 5.95 Å². The Hall–Kier alpha value is -2.72. The Balaban J connectivity index is 1.60. The van der Waals surface area contributed by atoms with E-state index in [0.29, 0.717) is 5.95 Å². The molecule has 0 amide bonds. The maximum absolute atomic E-state index is 5.65. The van der Waals surface area contributed by atoms with Gasteiger partial charge in [-0.1, -0.05) is 25.1 Å². The van der Waals surface area contributed by atoms with Crippen LogP contribution in [-0.2, 0) is 4.74 Å². The van der Waals surface area contributed by atoms with Crippen LogP contribution in [0.5, 0.6) is 0 Å². The zero-order chi connectivity index (χ0) is 25.4. The first kappa shape index (κ1) is 25.0. The fourth-order valence-corrected chi connectivity index (χ4v) is 5.32. The quantitative estimate of drug-likeness (QED) is 0.274. The Labute approximate surface area is 226 Å². The molecular weight excluding hydrogens is 563 g/mol. The third-order valence-electron chi connectivity index (χ3n) is 6.94. The molecule has 4 heterocycles. The van der Waals surface area contributed by atoms with Crippen LogP contribution < -0.4 is 10.2 Å². The summed E-state index contributed by atoms with van der Waals surface area (Å²) in [4.78, 5) is 17.4. The largest absolute Gasteiger partial charge is 0.378 e. The minimum absolute atomic E-state index is 0.0442. The fraction of sp³-hybridized carbons (Fsp3) is 0.393. The van der Waals surface area contributed by atoms with Crippen LogP contribution >= 0.6 is 22.6 Å². The Morgan fingerprint density at radius 3 is 2.42 bits per heavy atom. The lowest BCUT2D eigenvalue weighted by atomic mass is 10.0. The van der Waals surface area contributed by atoms with E-state index in [-0.39, 0.29) is 6.04 Å². The number of rotatable bonds is 6. The number of morpholine rings is 1. The molecule has 36 heavy (non-hydrogen) atoms. The van der Waals surface area contributed by atoms with Crippen molar-refractivity contribution in [3.8, 4) is 5.95 Å². The predicted molar refractivity (Wildman–Crippen MR) is 154 cm³/mol. The molecule has 5 rings (SSSR count). The summed E-state index contributed by atoms with van der Waals surface area (Å²) < 4.78 is 8.79. The van der Waals surface area contributed by atoms with E-state index in [1.165, 1.54) is 11.1 Å². The van der Waals surface area contributed by atoms with E-state index < -0.39 is 0 Å². The van der Waals surface area contributed by atoms with Gasteiger partial charge in [0.1, 0.15) is 11.6 Å². The molecular formula is C28H33IN6O. The van der Waals surface area contributed by atoms with Crippen LogP contribution in [0.25, 0.3) is 16.9 Å². The zero-order valence-corrected chi connectivity index (χ0v) is 23.8. The lowest BCUT2D eigenvalue weighted by Crippen LogP contribution is -2.38. The SMILES string of the molecule is CCC(Nc1nc(-n2c(C)ccc2C)nc(C)c1I)c1cc2cccc(C)c2nc1N1CCOCC1. The number of halogens is 1. The summed E-state index contributed by atoms with van der Waals surface area (Å²) in [5.74, 6) is 2.60. The van der Waals surface area contributed by atoms with Crippen molar-refractivity contribution in [2.75, 3.05) is 36.5 Å². The third-order valence-corrected chi connectivity index (χ3v) is 8.23. The van der Waals surface area contributed by atoms with Gasteiger partial charge >= 0.3 is 0 Å². The minimum Gasteiger partial charge on any atom is -0.378 e. The first-order valence-electron chi connectivity index (χ1n) is 12.6. The molecule has 0 bridgehead atoms. The lowest BCUT2D eigenvalue weighted by molar-refractivity contribution is 0.122. The van der Waals surface area contributed by atoms with Crippen LogP contribution in [0, 0.1) is 31.3 Å². The molecule has 1 fully saturated rings. The number of fused-ring (bicyclic) bond motifs is 1. The first-order valence-corrected chi connectivity index (χ1v) is 13.6. The molecule has 1 aliphatic rings. The summed E-state index contributed by atoms with van der Waals surface area (Å²) in [5.41, 5.74) is 6.65. The number of hydrogen-bond acceptors (Lipinski definition) is 6. The minimum atomic E-state index is 0.0442. The van der Waals surface area contributed by atoms with Crippen molar-refractivity contribution in [2.45, 2.75) is 47.1 Å². The maximum Gasteiger partial charge on any atom is 0.236 e. The van der Waals surface area contributed by atoms with Crippen molar-refractivity contribution in [2.24, 2.45) is 0 Å². The zero-order valence-electron chi connectivity index (χ0n) is 21.6. The molecule has 0 aliphatic carbocycles. The molecule has 3 aromatic heterocycles. The summed E-state index contributed by atoms with van der Waals surface area (Å²) in [5, 5.41) is 4.95. The lowest BCUT2D eigenvalue weighted by Gasteiger charge is -2.32. The predicted octanol–water partition coefficient (Wildman–Crippen LogP) is 6.05. The Bertz CT molecular complexity index is 1390. The molecule has 0 spiro atoms. The van der Waals surface area contributed by atoms with E-state index in [0.717, 1.165) is 75.9 Å². The molecule has 1 aliphatic heterocycles. The van der Waals surface area contributed by atoms with Gasteiger partial charge in [0.05, 0.1) is 34.0 Å².